The average Bonchev–Trinajstić information content (AvgIpc) is 3.15. The maximum Gasteiger partial charge on any atom is 0.133 e. The first-order valence-corrected chi connectivity index (χ1v) is 11.7. The highest BCUT2D eigenvalue weighted by molar-refractivity contribution is 9.10. The number of nitriles is 1. The quantitative estimate of drug-likeness (QED) is 0.218. The van der Waals surface area contributed by atoms with Crippen molar-refractivity contribution < 1.29 is 4.74 Å². The first-order valence-electron chi connectivity index (χ1n) is 10.9. The summed E-state index contributed by atoms with van der Waals surface area (Å²) in [5, 5.41) is 12.0. The van der Waals surface area contributed by atoms with Gasteiger partial charge in [-0.05, 0) is 57.3 Å². The fraction of sp³-hybridized carbons (Fsp3) is 0.0333. The molecule has 0 aromatic heterocycles. The van der Waals surface area contributed by atoms with Crippen molar-refractivity contribution in [3.8, 4) is 28.7 Å². The van der Waals surface area contributed by atoms with E-state index in [1.54, 1.807) is 0 Å². The monoisotopic (exact) mass is 485 g/mol. The summed E-state index contributed by atoms with van der Waals surface area (Å²) in [6.07, 6.45) is 0. The maximum absolute atomic E-state index is 9.56. The molecule has 2 nitrogen and oxygen atoms in total. The minimum absolute atomic E-state index is 0.520. The second-order valence-electron chi connectivity index (χ2n) is 8.57. The summed E-state index contributed by atoms with van der Waals surface area (Å²) in [4.78, 5) is 0. The summed E-state index contributed by atoms with van der Waals surface area (Å²) in [5.41, 5.74) is 7.27. The van der Waals surface area contributed by atoms with Crippen LogP contribution in [-0.2, 0) is 5.41 Å². The Labute approximate surface area is 199 Å². The van der Waals surface area contributed by atoms with Gasteiger partial charge in [-0.1, -0.05) is 88.7 Å². The first kappa shape index (κ1) is 18.7. The zero-order valence-electron chi connectivity index (χ0n) is 17.5. The van der Waals surface area contributed by atoms with E-state index < -0.39 is 5.41 Å². The van der Waals surface area contributed by atoms with E-state index in [4.69, 9.17) is 4.74 Å². The molecule has 33 heavy (non-hydrogen) atoms. The van der Waals surface area contributed by atoms with Gasteiger partial charge < -0.3 is 4.74 Å². The van der Waals surface area contributed by atoms with Crippen LogP contribution in [0.15, 0.2) is 102 Å². The largest absolute Gasteiger partial charge is 0.457 e. The highest BCUT2D eigenvalue weighted by Gasteiger charge is 2.51. The number of halogens is 1. The number of hydrogen-bond donors (Lipinski definition) is 0. The predicted molar refractivity (Wildman–Crippen MR) is 134 cm³/mol. The Balaban J connectivity index is 1.72. The molecule has 5 aromatic rings. The molecule has 1 unspecified atom stereocenters. The first-order chi connectivity index (χ1) is 16.2. The van der Waals surface area contributed by atoms with Gasteiger partial charge in [-0.15, -0.1) is 0 Å². The number of nitrogens with zero attached hydrogens (tertiary/aromatic N) is 1. The molecule has 5 aromatic carbocycles. The second-order valence-corrected chi connectivity index (χ2v) is 9.49. The molecule has 0 amide bonds. The molecule has 0 radical (unpaired) electrons. The van der Waals surface area contributed by atoms with E-state index in [1.807, 2.05) is 18.2 Å². The average molecular weight is 486 g/mol. The van der Waals surface area contributed by atoms with Crippen molar-refractivity contribution >= 4 is 26.7 Å². The van der Waals surface area contributed by atoms with E-state index in [2.05, 4.69) is 101 Å². The van der Waals surface area contributed by atoms with Gasteiger partial charge in [0.15, 0.2) is 0 Å². The van der Waals surface area contributed by atoms with Gasteiger partial charge in [-0.3, -0.25) is 0 Å². The standard InChI is InChI=1S/C30H16BrNO/c31-20-11-14-25-28(16-20)33-27-15-18(17-32)9-12-24(27)30(25)23-8-4-3-7-22(23)29-21-6-2-1-5-19(21)10-13-26(29)30/h1-16H. The van der Waals surface area contributed by atoms with Crippen molar-refractivity contribution in [1.82, 2.24) is 0 Å². The lowest BCUT2D eigenvalue weighted by Gasteiger charge is -2.39. The lowest BCUT2D eigenvalue weighted by Crippen LogP contribution is -2.32. The molecule has 0 fully saturated rings. The third kappa shape index (κ3) is 2.31. The molecule has 1 aliphatic heterocycles. The molecule has 1 atom stereocenters. The van der Waals surface area contributed by atoms with Crippen LogP contribution in [0.5, 0.6) is 11.5 Å². The topological polar surface area (TPSA) is 33.0 Å². The summed E-state index contributed by atoms with van der Waals surface area (Å²) in [7, 11) is 0. The molecule has 0 N–H and O–H groups in total. The Hall–Kier alpha value is -3.87. The van der Waals surface area contributed by atoms with Crippen LogP contribution in [0, 0.1) is 11.3 Å². The summed E-state index contributed by atoms with van der Waals surface area (Å²) in [5.74, 6) is 1.54. The second kappa shape index (κ2) is 6.57. The van der Waals surface area contributed by atoms with Gasteiger partial charge in [0.25, 0.3) is 0 Å². The van der Waals surface area contributed by atoms with E-state index in [1.165, 1.54) is 33.0 Å². The number of rotatable bonds is 0. The molecule has 7 rings (SSSR count). The minimum atomic E-state index is -0.520. The van der Waals surface area contributed by atoms with E-state index in [0.29, 0.717) is 5.56 Å². The molecule has 0 bridgehead atoms. The Bertz CT molecular complexity index is 1680. The SMILES string of the molecule is N#Cc1ccc2c(c1)Oc1cc(Br)ccc1C21c2ccccc2-c2c1ccc1ccccc21. The van der Waals surface area contributed by atoms with Crippen LogP contribution in [0.2, 0.25) is 0 Å². The van der Waals surface area contributed by atoms with Crippen molar-refractivity contribution in [2.75, 3.05) is 0 Å². The molecule has 2 aliphatic rings. The maximum atomic E-state index is 9.56. The Morgan fingerprint density at radius 2 is 1.42 bits per heavy atom. The molecule has 154 valence electrons. The van der Waals surface area contributed by atoms with Crippen LogP contribution in [0.3, 0.4) is 0 Å². The molecule has 1 heterocycles. The van der Waals surface area contributed by atoms with Gasteiger partial charge >= 0.3 is 0 Å². The van der Waals surface area contributed by atoms with Crippen molar-refractivity contribution in [1.29, 1.82) is 5.26 Å². The Kier molecular flexibility index (Phi) is 3.72. The lowest BCUT2D eigenvalue weighted by molar-refractivity contribution is 0.436. The minimum Gasteiger partial charge on any atom is -0.457 e. The van der Waals surface area contributed by atoms with Gasteiger partial charge in [0.2, 0.25) is 0 Å². The van der Waals surface area contributed by atoms with Crippen molar-refractivity contribution in [3.05, 3.63) is 129 Å². The molecular weight excluding hydrogens is 470 g/mol. The lowest BCUT2D eigenvalue weighted by atomic mass is 9.66. The molecular formula is C30H16BrNO. The van der Waals surface area contributed by atoms with Crippen molar-refractivity contribution in [2.24, 2.45) is 0 Å². The van der Waals surface area contributed by atoms with E-state index >= 15 is 0 Å². The normalized spacial score (nSPS) is 17.0. The summed E-state index contributed by atoms with van der Waals surface area (Å²) in [6, 6.07) is 36.2. The third-order valence-corrected chi connectivity index (χ3v) is 7.51. The zero-order chi connectivity index (χ0) is 22.2. The summed E-state index contributed by atoms with van der Waals surface area (Å²) < 4.78 is 7.38. The molecule has 0 saturated carbocycles. The van der Waals surface area contributed by atoms with Gasteiger partial charge in [-0.25, -0.2) is 0 Å². The Morgan fingerprint density at radius 1 is 0.697 bits per heavy atom. The zero-order valence-corrected chi connectivity index (χ0v) is 19.1. The number of fused-ring (bicyclic) bond motifs is 11. The predicted octanol–water partition coefficient (Wildman–Crippen LogP) is 7.94. The highest BCUT2D eigenvalue weighted by Crippen LogP contribution is 2.63. The van der Waals surface area contributed by atoms with Gasteiger partial charge in [0.05, 0.1) is 17.0 Å². The molecule has 0 saturated heterocycles. The van der Waals surface area contributed by atoms with Crippen LogP contribution < -0.4 is 4.74 Å². The van der Waals surface area contributed by atoms with Crippen LogP contribution in [0.1, 0.15) is 27.8 Å². The molecule has 3 heteroatoms. The van der Waals surface area contributed by atoms with E-state index in [9.17, 15) is 5.26 Å². The number of ether oxygens (including phenoxy) is 1. The smallest absolute Gasteiger partial charge is 0.133 e. The fourth-order valence-corrected chi connectivity index (χ4v) is 6.11. The summed E-state index contributed by atoms with van der Waals surface area (Å²) in [6.45, 7) is 0. The fourth-order valence-electron chi connectivity index (χ4n) is 5.77. The van der Waals surface area contributed by atoms with E-state index in [-0.39, 0.29) is 0 Å². The van der Waals surface area contributed by atoms with Crippen molar-refractivity contribution in [3.63, 3.8) is 0 Å². The van der Waals surface area contributed by atoms with E-state index in [0.717, 1.165) is 27.1 Å². The number of hydrogen-bond acceptors (Lipinski definition) is 2. The van der Waals surface area contributed by atoms with Gasteiger partial charge in [0.1, 0.15) is 11.5 Å². The van der Waals surface area contributed by atoms with Crippen LogP contribution >= 0.6 is 15.9 Å². The Morgan fingerprint density at radius 3 is 2.30 bits per heavy atom. The van der Waals surface area contributed by atoms with Crippen molar-refractivity contribution in [2.45, 2.75) is 5.41 Å². The van der Waals surface area contributed by atoms with Crippen LogP contribution in [0.4, 0.5) is 0 Å². The van der Waals surface area contributed by atoms with Gasteiger partial charge in [-0.2, -0.15) is 5.26 Å². The molecule has 1 spiro atoms. The number of benzene rings is 5. The highest BCUT2D eigenvalue weighted by atomic mass is 79.9. The third-order valence-electron chi connectivity index (χ3n) is 7.02. The van der Waals surface area contributed by atoms with Crippen LogP contribution in [0.25, 0.3) is 21.9 Å². The summed E-state index contributed by atoms with van der Waals surface area (Å²) >= 11 is 3.62. The van der Waals surface area contributed by atoms with Crippen LogP contribution in [-0.4, -0.2) is 0 Å². The molecule has 1 aliphatic carbocycles. The van der Waals surface area contributed by atoms with Gasteiger partial charge in [0, 0.05) is 15.6 Å².